The highest BCUT2D eigenvalue weighted by molar-refractivity contribution is 6.09. The van der Waals surface area contributed by atoms with Gasteiger partial charge in [0.2, 0.25) is 0 Å². The predicted octanol–water partition coefficient (Wildman–Crippen LogP) is 12.0. The van der Waals surface area contributed by atoms with Gasteiger partial charge in [-0.25, -0.2) is 15.0 Å². The Kier molecular flexibility index (Phi) is 6.42. The molecule has 0 radical (unpaired) electrons. The second kappa shape index (κ2) is 11.4. The minimum absolute atomic E-state index is 0.539. The molecule has 0 saturated carbocycles. The highest BCUT2D eigenvalue weighted by Crippen LogP contribution is 2.38. The number of rotatable bonds is 5. The number of hydrogen-bond acceptors (Lipinski definition) is 5. The molecule has 7 aromatic carbocycles. The molecule has 0 bridgehead atoms. The Hall–Kier alpha value is -6.85. The third-order valence-electron chi connectivity index (χ3n) is 9.35. The van der Waals surface area contributed by atoms with Crippen LogP contribution in [0.1, 0.15) is 0 Å². The van der Waals surface area contributed by atoms with Gasteiger partial charge in [0.1, 0.15) is 22.3 Å². The minimum atomic E-state index is 0.539. The molecule has 0 aliphatic rings. The van der Waals surface area contributed by atoms with Gasteiger partial charge >= 0.3 is 0 Å². The Morgan fingerprint density at radius 3 is 1.66 bits per heavy atom. The third-order valence-corrected chi connectivity index (χ3v) is 9.35. The molecule has 0 spiro atoms. The van der Waals surface area contributed by atoms with Crippen LogP contribution in [0.4, 0.5) is 0 Å². The van der Waals surface area contributed by atoms with Crippen molar-refractivity contribution >= 4 is 43.9 Å². The van der Waals surface area contributed by atoms with Gasteiger partial charge in [0.05, 0.1) is 5.56 Å². The van der Waals surface area contributed by atoms with E-state index in [1.54, 1.807) is 0 Å². The Bertz CT molecular complexity index is 2870. The fourth-order valence-corrected chi connectivity index (χ4v) is 6.87. The molecule has 5 heteroatoms. The highest BCUT2D eigenvalue weighted by Gasteiger charge is 2.19. The Morgan fingerprint density at radius 1 is 0.300 bits per heavy atom. The molecule has 0 saturated heterocycles. The summed E-state index contributed by atoms with van der Waals surface area (Å²) in [6.45, 7) is 0. The second-order valence-electron chi connectivity index (χ2n) is 12.4. The van der Waals surface area contributed by atoms with Crippen LogP contribution in [0.15, 0.2) is 173 Å². The van der Waals surface area contributed by atoms with E-state index in [-0.39, 0.29) is 0 Å². The normalized spacial score (nSPS) is 11.6. The number of fused-ring (bicyclic) bond motifs is 6. The number of para-hydroxylation sites is 2. The van der Waals surface area contributed by atoms with E-state index in [0.29, 0.717) is 17.5 Å². The van der Waals surface area contributed by atoms with Gasteiger partial charge in [-0.1, -0.05) is 121 Å². The Morgan fingerprint density at radius 2 is 0.860 bits per heavy atom. The van der Waals surface area contributed by atoms with E-state index in [2.05, 4.69) is 84.9 Å². The van der Waals surface area contributed by atoms with Crippen LogP contribution < -0.4 is 0 Å². The van der Waals surface area contributed by atoms with E-state index in [1.165, 1.54) is 5.56 Å². The lowest BCUT2D eigenvalue weighted by Gasteiger charge is -2.10. The first kappa shape index (κ1) is 28.2. The molecule has 0 unspecified atom stereocenters. The van der Waals surface area contributed by atoms with Gasteiger partial charge in [-0.2, -0.15) is 0 Å². The molecule has 50 heavy (non-hydrogen) atoms. The third kappa shape index (κ3) is 4.75. The summed E-state index contributed by atoms with van der Waals surface area (Å²) in [5.41, 5.74) is 10.2. The zero-order chi connectivity index (χ0) is 33.0. The first-order valence-electron chi connectivity index (χ1n) is 16.6. The van der Waals surface area contributed by atoms with Crippen LogP contribution in [0, 0.1) is 0 Å². The molecule has 0 aliphatic heterocycles. The lowest BCUT2D eigenvalue weighted by Crippen LogP contribution is -2.00. The summed E-state index contributed by atoms with van der Waals surface area (Å²) >= 11 is 0. The van der Waals surface area contributed by atoms with E-state index in [4.69, 9.17) is 23.8 Å². The zero-order valence-electron chi connectivity index (χ0n) is 26.7. The zero-order valence-corrected chi connectivity index (χ0v) is 26.7. The van der Waals surface area contributed by atoms with Gasteiger partial charge < -0.3 is 8.83 Å². The fourth-order valence-electron chi connectivity index (χ4n) is 6.87. The molecule has 10 rings (SSSR count). The lowest BCUT2D eigenvalue weighted by molar-refractivity contribution is 0.668. The molecule has 5 nitrogen and oxygen atoms in total. The summed E-state index contributed by atoms with van der Waals surface area (Å²) in [5, 5.41) is 4.18. The molecule has 0 amide bonds. The maximum absolute atomic E-state index is 6.42. The van der Waals surface area contributed by atoms with Gasteiger partial charge in [-0.3, -0.25) is 0 Å². The minimum Gasteiger partial charge on any atom is -0.456 e. The Labute approximate surface area is 287 Å². The van der Waals surface area contributed by atoms with Crippen molar-refractivity contribution in [2.24, 2.45) is 0 Å². The highest BCUT2D eigenvalue weighted by atomic mass is 16.3. The van der Waals surface area contributed by atoms with E-state index in [0.717, 1.165) is 77.3 Å². The van der Waals surface area contributed by atoms with Crippen LogP contribution >= 0.6 is 0 Å². The van der Waals surface area contributed by atoms with Crippen molar-refractivity contribution < 1.29 is 8.83 Å². The van der Waals surface area contributed by atoms with Crippen LogP contribution in [0.5, 0.6) is 0 Å². The van der Waals surface area contributed by atoms with Crippen molar-refractivity contribution in [2.45, 2.75) is 0 Å². The van der Waals surface area contributed by atoms with Crippen molar-refractivity contribution in [1.29, 1.82) is 0 Å². The SMILES string of the molecule is c1ccc(-c2cccc(-c3nc(-c4ccc5c(c4)oc4ccc(-c6ccccc6)cc45)nc(-c4cccc5c4oc4ccccc45)n3)c2)cc1. The average molecular weight is 642 g/mol. The first-order valence-corrected chi connectivity index (χ1v) is 16.6. The topological polar surface area (TPSA) is 65.0 Å². The summed E-state index contributed by atoms with van der Waals surface area (Å²) in [5.74, 6) is 1.67. The van der Waals surface area contributed by atoms with Crippen molar-refractivity contribution in [3.8, 4) is 56.4 Å². The quantitative estimate of drug-likeness (QED) is 0.187. The van der Waals surface area contributed by atoms with Crippen molar-refractivity contribution in [2.75, 3.05) is 0 Å². The van der Waals surface area contributed by atoms with Crippen LogP contribution in [-0.2, 0) is 0 Å². The Balaban J connectivity index is 1.16. The largest absolute Gasteiger partial charge is 0.456 e. The van der Waals surface area contributed by atoms with E-state index >= 15 is 0 Å². The maximum atomic E-state index is 6.42. The molecule has 0 atom stereocenters. The molecule has 0 fully saturated rings. The van der Waals surface area contributed by atoms with Gasteiger partial charge in [-0.15, -0.1) is 0 Å². The molecule has 0 N–H and O–H groups in total. The van der Waals surface area contributed by atoms with Crippen molar-refractivity contribution in [3.05, 3.63) is 164 Å². The van der Waals surface area contributed by atoms with Gasteiger partial charge in [-0.05, 0) is 64.7 Å². The molecule has 234 valence electrons. The molecule has 0 aliphatic carbocycles. The van der Waals surface area contributed by atoms with Crippen LogP contribution in [0.3, 0.4) is 0 Å². The molecule has 10 aromatic rings. The summed E-state index contributed by atoms with van der Waals surface area (Å²) in [7, 11) is 0. The summed E-state index contributed by atoms with van der Waals surface area (Å²) < 4.78 is 12.8. The summed E-state index contributed by atoms with van der Waals surface area (Å²) in [4.78, 5) is 15.3. The number of nitrogens with zero attached hydrogens (tertiary/aromatic N) is 3. The van der Waals surface area contributed by atoms with Crippen LogP contribution in [0.25, 0.3) is 100 Å². The number of benzene rings is 7. The van der Waals surface area contributed by atoms with Gasteiger partial charge in [0.15, 0.2) is 17.5 Å². The van der Waals surface area contributed by atoms with Gasteiger partial charge in [0.25, 0.3) is 0 Å². The number of aromatic nitrogens is 3. The molecule has 3 aromatic heterocycles. The smallest absolute Gasteiger partial charge is 0.167 e. The van der Waals surface area contributed by atoms with E-state index in [1.807, 2.05) is 78.9 Å². The van der Waals surface area contributed by atoms with E-state index < -0.39 is 0 Å². The van der Waals surface area contributed by atoms with Crippen molar-refractivity contribution in [3.63, 3.8) is 0 Å². The predicted molar refractivity (Wildman–Crippen MR) is 202 cm³/mol. The fraction of sp³-hybridized carbons (Fsp3) is 0. The van der Waals surface area contributed by atoms with Crippen molar-refractivity contribution in [1.82, 2.24) is 15.0 Å². The standard InChI is InChI=1S/C45H27N3O2/c1-3-11-28(12-4-1)30-15-9-16-32(25-30)43-46-44(48-45(47-43)37-19-10-18-36-34-17-7-8-20-39(34)50-42(36)37)33-21-23-35-38-26-31(29-13-5-2-6-14-29)22-24-40(38)49-41(35)27-33/h1-27H. The number of furan rings is 2. The monoisotopic (exact) mass is 641 g/mol. The van der Waals surface area contributed by atoms with Crippen LogP contribution in [-0.4, -0.2) is 15.0 Å². The molecular weight excluding hydrogens is 615 g/mol. The van der Waals surface area contributed by atoms with Gasteiger partial charge in [0, 0.05) is 32.7 Å². The summed E-state index contributed by atoms with van der Waals surface area (Å²) in [6, 6.07) is 55.8. The maximum Gasteiger partial charge on any atom is 0.167 e. The molecular formula is C45H27N3O2. The van der Waals surface area contributed by atoms with Crippen LogP contribution in [0.2, 0.25) is 0 Å². The summed E-state index contributed by atoms with van der Waals surface area (Å²) in [6.07, 6.45) is 0. The van der Waals surface area contributed by atoms with E-state index in [9.17, 15) is 0 Å². The molecule has 3 heterocycles. The first-order chi connectivity index (χ1) is 24.7. The second-order valence-corrected chi connectivity index (χ2v) is 12.4. The number of hydrogen-bond donors (Lipinski definition) is 0. The average Bonchev–Trinajstić information content (AvgIpc) is 3.76. The lowest BCUT2D eigenvalue weighted by atomic mass is 10.0.